The molecule has 8 nitrogen and oxygen atoms in total. The van der Waals surface area contributed by atoms with Crippen LogP contribution in [0.2, 0.25) is 0 Å². The molecule has 0 saturated heterocycles. The predicted molar refractivity (Wildman–Crippen MR) is 209 cm³/mol. The topological polar surface area (TPSA) is 112 Å². The number of fused-ring (bicyclic) bond motifs is 2. The van der Waals surface area contributed by atoms with E-state index in [1.54, 1.807) is 12.1 Å². The van der Waals surface area contributed by atoms with Crippen molar-refractivity contribution in [2.75, 3.05) is 23.7 Å². The van der Waals surface area contributed by atoms with Crippen LogP contribution in [0, 0.1) is 6.92 Å². The van der Waals surface area contributed by atoms with Crippen molar-refractivity contribution in [3.8, 4) is 0 Å². The van der Waals surface area contributed by atoms with Gasteiger partial charge in [-0.1, -0.05) is 69.7 Å². The highest BCUT2D eigenvalue weighted by molar-refractivity contribution is 7.94. The summed E-state index contributed by atoms with van der Waals surface area (Å²) in [6, 6.07) is 11.5. The quantitative estimate of drug-likeness (QED) is 0.0706. The molecular formula is C41H55N2O6S2+. The molecule has 0 radical (unpaired) electrons. The Labute approximate surface area is 306 Å². The van der Waals surface area contributed by atoms with Crippen molar-refractivity contribution < 1.29 is 30.8 Å². The molecule has 10 heteroatoms. The molecule has 51 heavy (non-hydrogen) atoms. The third kappa shape index (κ3) is 9.45. The second kappa shape index (κ2) is 16.4. The number of allylic oxidation sites excluding steroid dienone is 6. The number of hydrogen-bond acceptors (Lipinski definition) is 6. The molecule has 0 fully saturated rings. The summed E-state index contributed by atoms with van der Waals surface area (Å²) in [6.07, 6.45) is 15.9. The van der Waals surface area contributed by atoms with Crippen LogP contribution in [0.1, 0.15) is 103 Å². The smallest absolute Gasteiger partial charge is 0.294 e. The molecule has 2 aliphatic heterocycles. The fourth-order valence-electron chi connectivity index (χ4n) is 7.21. The van der Waals surface area contributed by atoms with Crippen molar-refractivity contribution in [2.45, 2.75) is 109 Å². The van der Waals surface area contributed by atoms with E-state index in [4.69, 9.17) is 0 Å². The molecular weight excluding hydrogens is 681 g/mol. The zero-order chi connectivity index (χ0) is 37.6. The van der Waals surface area contributed by atoms with Gasteiger partial charge in [0.15, 0.2) is 15.5 Å². The first-order chi connectivity index (χ1) is 23.9. The highest BCUT2D eigenvalue weighted by atomic mass is 32.2. The van der Waals surface area contributed by atoms with Crippen LogP contribution in [0.4, 0.5) is 11.4 Å². The Morgan fingerprint density at radius 2 is 1.61 bits per heavy atom. The maximum Gasteiger partial charge on any atom is 0.294 e. The summed E-state index contributed by atoms with van der Waals surface area (Å²) in [5.41, 5.74) is 7.19. The monoisotopic (exact) mass is 735 g/mol. The Bertz CT molecular complexity index is 1980. The third-order valence-electron chi connectivity index (χ3n) is 10.1. The van der Waals surface area contributed by atoms with Crippen molar-refractivity contribution in [1.82, 2.24) is 0 Å². The fourth-order valence-corrected chi connectivity index (χ4v) is 8.43. The van der Waals surface area contributed by atoms with E-state index in [0.717, 1.165) is 54.6 Å². The lowest BCUT2D eigenvalue weighted by molar-refractivity contribution is -0.438. The Hall–Kier alpha value is -3.60. The number of carbonyl (C=O) groups excluding carboxylic acids is 1. The number of nitrogens with zero attached hydrogens (tertiary/aromatic N) is 2. The van der Waals surface area contributed by atoms with E-state index in [2.05, 4.69) is 94.0 Å². The lowest BCUT2D eigenvalue weighted by Gasteiger charge is -2.27. The first kappa shape index (κ1) is 40.2. The SMILES string of the molecule is C=CS(=O)(=O)CCCC(=O)CCCCC[N+]1=C(C=CC=CC=C2N(CCCC)c3ccc(C)cc3C2(C)C)C(C)(C)c2cc(S(=O)(=O)O)ccc21. The van der Waals surface area contributed by atoms with Crippen molar-refractivity contribution in [3.05, 3.63) is 101 Å². The molecule has 2 heterocycles. The van der Waals surface area contributed by atoms with Gasteiger partial charge in [0, 0.05) is 65.7 Å². The molecule has 0 aliphatic carbocycles. The van der Waals surface area contributed by atoms with E-state index in [0.29, 0.717) is 25.8 Å². The number of ketones is 1. The predicted octanol–water partition coefficient (Wildman–Crippen LogP) is 8.68. The van der Waals surface area contributed by atoms with Crippen LogP contribution >= 0.6 is 0 Å². The number of anilines is 1. The van der Waals surface area contributed by atoms with Gasteiger partial charge in [-0.25, -0.2) is 8.42 Å². The van der Waals surface area contributed by atoms with Crippen LogP contribution in [0.15, 0.2) is 89.4 Å². The molecule has 0 amide bonds. The average molecular weight is 736 g/mol. The van der Waals surface area contributed by atoms with Gasteiger partial charge < -0.3 is 4.90 Å². The van der Waals surface area contributed by atoms with E-state index < -0.39 is 25.4 Å². The summed E-state index contributed by atoms with van der Waals surface area (Å²) < 4.78 is 59.3. The summed E-state index contributed by atoms with van der Waals surface area (Å²) in [6.45, 7) is 18.0. The number of aryl methyl sites for hydroxylation is 1. The van der Waals surface area contributed by atoms with Gasteiger partial charge in [0.25, 0.3) is 10.1 Å². The molecule has 2 aromatic rings. The molecule has 2 aliphatic rings. The van der Waals surface area contributed by atoms with Gasteiger partial charge in [-0.05, 0) is 76.3 Å². The van der Waals surface area contributed by atoms with Crippen LogP contribution < -0.4 is 4.90 Å². The first-order valence-corrected chi connectivity index (χ1v) is 21.2. The maximum atomic E-state index is 12.3. The molecule has 0 atom stereocenters. The van der Waals surface area contributed by atoms with Gasteiger partial charge in [-0.3, -0.25) is 9.35 Å². The molecule has 0 unspecified atom stereocenters. The Morgan fingerprint density at radius 3 is 2.29 bits per heavy atom. The number of benzene rings is 2. The Kier molecular flexibility index (Phi) is 12.9. The van der Waals surface area contributed by atoms with Gasteiger partial charge in [-0.2, -0.15) is 13.0 Å². The number of hydrogen-bond donors (Lipinski definition) is 1. The van der Waals surface area contributed by atoms with Crippen LogP contribution in [0.5, 0.6) is 0 Å². The summed E-state index contributed by atoms with van der Waals surface area (Å²) in [5.74, 6) is -0.00143. The van der Waals surface area contributed by atoms with Gasteiger partial charge in [0.05, 0.1) is 16.1 Å². The fraction of sp³-hybridized carbons (Fsp3) is 0.463. The van der Waals surface area contributed by atoms with Crippen LogP contribution in [0.3, 0.4) is 0 Å². The van der Waals surface area contributed by atoms with Crippen molar-refractivity contribution >= 4 is 42.8 Å². The van der Waals surface area contributed by atoms with Gasteiger partial charge >= 0.3 is 0 Å². The highest BCUT2D eigenvalue weighted by Gasteiger charge is 2.45. The van der Waals surface area contributed by atoms with E-state index >= 15 is 0 Å². The minimum atomic E-state index is -4.37. The zero-order valence-electron chi connectivity index (χ0n) is 31.1. The zero-order valence-corrected chi connectivity index (χ0v) is 32.7. The average Bonchev–Trinajstić information content (AvgIpc) is 3.40. The Morgan fingerprint density at radius 1 is 0.882 bits per heavy atom. The van der Waals surface area contributed by atoms with Gasteiger partial charge in [0.2, 0.25) is 5.69 Å². The van der Waals surface area contributed by atoms with Crippen LogP contribution in [0.25, 0.3) is 0 Å². The molecule has 0 bridgehead atoms. The number of rotatable bonds is 18. The molecule has 0 aromatic heterocycles. The van der Waals surface area contributed by atoms with E-state index in [9.17, 15) is 26.2 Å². The number of Topliss-reactive ketones (excluding diaryl/α,β-unsaturated/α-hetero) is 1. The molecule has 4 rings (SSSR count). The molecule has 0 spiro atoms. The van der Waals surface area contributed by atoms with Crippen molar-refractivity contribution in [3.63, 3.8) is 0 Å². The number of unbranched alkanes of at least 4 members (excludes halogenated alkanes) is 3. The highest BCUT2D eigenvalue weighted by Crippen LogP contribution is 2.48. The summed E-state index contributed by atoms with van der Waals surface area (Å²) >= 11 is 0. The molecule has 0 saturated carbocycles. The molecule has 1 N–H and O–H groups in total. The van der Waals surface area contributed by atoms with Gasteiger partial charge in [-0.15, -0.1) is 0 Å². The second-order valence-electron chi connectivity index (χ2n) is 14.7. The van der Waals surface area contributed by atoms with Crippen molar-refractivity contribution in [1.29, 1.82) is 0 Å². The first-order valence-electron chi connectivity index (χ1n) is 18.0. The van der Waals surface area contributed by atoms with Crippen LogP contribution in [-0.4, -0.2) is 56.3 Å². The second-order valence-corrected chi connectivity index (χ2v) is 18.2. The lowest BCUT2D eigenvalue weighted by Crippen LogP contribution is -2.28. The Balaban J connectivity index is 1.53. The number of sulfone groups is 1. The van der Waals surface area contributed by atoms with E-state index in [-0.39, 0.29) is 28.3 Å². The third-order valence-corrected chi connectivity index (χ3v) is 12.4. The van der Waals surface area contributed by atoms with Crippen LogP contribution in [-0.2, 0) is 35.6 Å². The molecule has 276 valence electrons. The lowest BCUT2D eigenvalue weighted by atomic mass is 9.81. The minimum absolute atomic E-state index is 0.0602. The summed E-state index contributed by atoms with van der Waals surface area (Å²) in [7, 11) is -7.67. The van der Waals surface area contributed by atoms with Gasteiger partial charge in [0.1, 0.15) is 12.3 Å². The molecule has 2 aromatic carbocycles. The van der Waals surface area contributed by atoms with E-state index in [1.165, 1.54) is 28.6 Å². The maximum absolute atomic E-state index is 12.3. The van der Waals surface area contributed by atoms with Crippen molar-refractivity contribution in [2.24, 2.45) is 0 Å². The summed E-state index contributed by atoms with van der Waals surface area (Å²) in [4.78, 5) is 14.7. The van der Waals surface area contributed by atoms with E-state index in [1.807, 2.05) is 12.2 Å². The standard InChI is InChI=1S/C41H54N2O6S2/c1-8-10-26-42-36-24-22-31(3)29-34(36)40(4,5)38(42)20-14-11-15-21-39-41(6,7)35-30-33(51(47,48)49)23-25-37(35)43(39)27-16-12-13-18-32(44)19-17-28-50(45,46)9-2/h9,11,14-15,20-25,29-30H,2,8,10,12-13,16-19,26-28H2,1,3-7H3/p+1. The normalized spacial score (nSPS) is 17.5. The largest absolute Gasteiger partial charge is 0.344 e. The summed E-state index contributed by atoms with van der Waals surface area (Å²) in [5, 5.41) is 0.936. The number of carbonyl (C=O) groups is 1. The minimum Gasteiger partial charge on any atom is -0.344 e.